The van der Waals surface area contributed by atoms with E-state index in [2.05, 4.69) is 39.3 Å². The quantitative estimate of drug-likeness (QED) is 0.901. The Hall–Kier alpha value is -1.20. The average Bonchev–Trinajstić information content (AvgIpc) is 2.79. The standard InChI is InChI=1S/C15H19BrFN3/c1-4-20-12(7-10(2)19-20)9-15(18-3)11-5-6-13(16)14(17)8-11/h5-8,15,18H,4,9H2,1-3H3. The van der Waals surface area contributed by atoms with E-state index < -0.39 is 0 Å². The van der Waals surface area contributed by atoms with Gasteiger partial charge in [0.1, 0.15) is 5.82 Å². The smallest absolute Gasteiger partial charge is 0.137 e. The molecule has 20 heavy (non-hydrogen) atoms. The maximum absolute atomic E-state index is 13.7. The van der Waals surface area contributed by atoms with Crippen molar-refractivity contribution in [3.8, 4) is 0 Å². The summed E-state index contributed by atoms with van der Waals surface area (Å²) >= 11 is 3.18. The summed E-state index contributed by atoms with van der Waals surface area (Å²) in [6.45, 7) is 4.90. The minimum absolute atomic E-state index is 0.0685. The molecule has 108 valence electrons. The molecule has 0 spiro atoms. The van der Waals surface area contributed by atoms with Crippen LogP contribution in [0, 0.1) is 12.7 Å². The van der Waals surface area contributed by atoms with Crippen molar-refractivity contribution in [1.82, 2.24) is 15.1 Å². The number of hydrogen-bond acceptors (Lipinski definition) is 2. The van der Waals surface area contributed by atoms with Crippen molar-refractivity contribution in [2.75, 3.05) is 7.05 Å². The number of halogens is 2. The van der Waals surface area contributed by atoms with Crippen LogP contribution in [0.2, 0.25) is 0 Å². The first-order valence-corrected chi connectivity index (χ1v) is 7.50. The Balaban J connectivity index is 2.26. The van der Waals surface area contributed by atoms with E-state index in [-0.39, 0.29) is 11.9 Å². The second-order valence-corrected chi connectivity index (χ2v) is 5.67. The predicted octanol–water partition coefficient (Wildman–Crippen LogP) is 3.62. The zero-order valence-corrected chi connectivity index (χ0v) is 13.5. The molecule has 0 bridgehead atoms. The first-order chi connectivity index (χ1) is 9.55. The molecule has 5 heteroatoms. The van der Waals surface area contributed by atoms with Gasteiger partial charge in [0.05, 0.1) is 10.2 Å². The van der Waals surface area contributed by atoms with Crippen molar-refractivity contribution >= 4 is 15.9 Å². The lowest BCUT2D eigenvalue weighted by atomic mass is 10.0. The number of aromatic nitrogens is 2. The zero-order valence-electron chi connectivity index (χ0n) is 12.0. The van der Waals surface area contributed by atoms with E-state index in [1.54, 1.807) is 12.1 Å². The van der Waals surface area contributed by atoms with Crippen LogP contribution in [0.25, 0.3) is 0 Å². The molecule has 0 saturated carbocycles. The highest BCUT2D eigenvalue weighted by molar-refractivity contribution is 9.10. The monoisotopic (exact) mass is 339 g/mol. The van der Waals surface area contributed by atoms with Crippen molar-refractivity contribution in [2.45, 2.75) is 32.9 Å². The average molecular weight is 340 g/mol. The lowest BCUT2D eigenvalue weighted by Gasteiger charge is -2.17. The summed E-state index contributed by atoms with van der Waals surface area (Å²) in [5.41, 5.74) is 3.11. The molecule has 1 aromatic carbocycles. The summed E-state index contributed by atoms with van der Waals surface area (Å²) in [6, 6.07) is 7.41. The predicted molar refractivity (Wildman–Crippen MR) is 82.2 cm³/mol. The third kappa shape index (κ3) is 3.27. The molecule has 0 aliphatic rings. The molecule has 0 fully saturated rings. The van der Waals surface area contributed by atoms with Gasteiger partial charge in [-0.1, -0.05) is 6.07 Å². The minimum Gasteiger partial charge on any atom is -0.313 e. The van der Waals surface area contributed by atoms with Gasteiger partial charge in [0, 0.05) is 24.7 Å². The number of benzene rings is 1. The third-order valence-corrected chi connectivity index (χ3v) is 4.04. The van der Waals surface area contributed by atoms with Crippen LogP contribution in [0.1, 0.15) is 29.9 Å². The summed E-state index contributed by atoms with van der Waals surface area (Å²) in [7, 11) is 1.89. The van der Waals surface area contributed by atoms with Gasteiger partial charge in [0.2, 0.25) is 0 Å². The van der Waals surface area contributed by atoms with E-state index >= 15 is 0 Å². The van der Waals surface area contributed by atoms with Crippen molar-refractivity contribution < 1.29 is 4.39 Å². The highest BCUT2D eigenvalue weighted by Gasteiger charge is 2.15. The van der Waals surface area contributed by atoms with E-state index in [9.17, 15) is 4.39 Å². The highest BCUT2D eigenvalue weighted by atomic mass is 79.9. The summed E-state index contributed by atoms with van der Waals surface area (Å²) in [6.07, 6.45) is 0.784. The van der Waals surface area contributed by atoms with Gasteiger partial charge < -0.3 is 5.32 Å². The molecule has 0 aliphatic carbocycles. The first-order valence-electron chi connectivity index (χ1n) is 6.70. The van der Waals surface area contributed by atoms with Gasteiger partial charge in [0.25, 0.3) is 0 Å². The van der Waals surface area contributed by atoms with Gasteiger partial charge in [-0.2, -0.15) is 5.10 Å². The Morgan fingerprint density at radius 2 is 2.15 bits per heavy atom. The van der Waals surface area contributed by atoms with Crippen molar-refractivity contribution in [3.63, 3.8) is 0 Å². The maximum Gasteiger partial charge on any atom is 0.137 e. The van der Waals surface area contributed by atoms with Crippen LogP contribution < -0.4 is 5.32 Å². The molecule has 0 saturated heterocycles. The number of hydrogen-bond donors (Lipinski definition) is 1. The molecule has 1 N–H and O–H groups in total. The first kappa shape index (κ1) is 15.2. The van der Waals surface area contributed by atoms with Crippen LogP contribution in [0.5, 0.6) is 0 Å². The van der Waals surface area contributed by atoms with Crippen LogP contribution in [0.3, 0.4) is 0 Å². The molecule has 2 rings (SSSR count). The molecule has 1 aromatic heterocycles. The van der Waals surface area contributed by atoms with Crippen LogP contribution in [0.15, 0.2) is 28.7 Å². The lowest BCUT2D eigenvalue weighted by Crippen LogP contribution is -2.20. The van der Waals surface area contributed by atoms with Gasteiger partial charge in [-0.05, 0) is 60.6 Å². The summed E-state index contributed by atoms with van der Waals surface area (Å²) in [5, 5.41) is 7.70. The normalized spacial score (nSPS) is 12.7. The molecule has 1 heterocycles. The van der Waals surface area contributed by atoms with Gasteiger partial charge in [-0.15, -0.1) is 0 Å². The Bertz CT molecular complexity index is 595. The number of likely N-dealkylation sites (N-methyl/N-ethyl adjacent to an activating group) is 1. The largest absolute Gasteiger partial charge is 0.313 e. The molecular formula is C15H19BrFN3. The summed E-state index contributed by atoms with van der Waals surface area (Å²) in [4.78, 5) is 0. The minimum atomic E-state index is -0.233. The van der Waals surface area contributed by atoms with Crippen LogP contribution >= 0.6 is 15.9 Å². The van der Waals surface area contributed by atoms with Gasteiger partial charge in [-0.3, -0.25) is 4.68 Å². The van der Waals surface area contributed by atoms with Crippen molar-refractivity contribution in [1.29, 1.82) is 0 Å². The maximum atomic E-state index is 13.7. The molecule has 1 unspecified atom stereocenters. The van der Waals surface area contributed by atoms with Crippen LogP contribution in [0.4, 0.5) is 4.39 Å². The Morgan fingerprint density at radius 1 is 1.40 bits per heavy atom. The van der Waals surface area contributed by atoms with Crippen molar-refractivity contribution in [2.24, 2.45) is 0 Å². The number of rotatable bonds is 5. The second-order valence-electron chi connectivity index (χ2n) is 4.81. The molecule has 2 aromatic rings. The summed E-state index contributed by atoms with van der Waals surface area (Å²) < 4.78 is 16.2. The van der Waals surface area contributed by atoms with Gasteiger partial charge in [0.15, 0.2) is 0 Å². The van der Waals surface area contributed by atoms with E-state index in [0.29, 0.717) is 4.47 Å². The SMILES string of the molecule is CCn1nc(C)cc1CC(NC)c1ccc(Br)c(F)c1. The Morgan fingerprint density at radius 3 is 2.75 bits per heavy atom. The Labute approximate surface area is 127 Å². The fourth-order valence-electron chi connectivity index (χ4n) is 2.36. The Kier molecular flexibility index (Phi) is 4.94. The highest BCUT2D eigenvalue weighted by Crippen LogP contribution is 2.23. The van der Waals surface area contributed by atoms with Gasteiger partial charge >= 0.3 is 0 Å². The molecule has 0 amide bonds. The van der Waals surface area contributed by atoms with E-state index in [4.69, 9.17) is 0 Å². The van der Waals surface area contributed by atoms with Crippen LogP contribution in [-0.4, -0.2) is 16.8 Å². The molecule has 3 nitrogen and oxygen atoms in total. The molecule has 0 aliphatic heterocycles. The number of aryl methyl sites for hydroxylation is 2. The fourth-order valence-corrected chi connectivity index (χ4v) is 2.61. The molecule has 0 radical (unpaired) electrons. The molecule has 1 atom stereocenters. The summed E-state index contributed by atoms with van der Waals surface area (Å²) in [5.74, 6) is -0.233. The topological polar surface area (TPSA) is 29.9 Å². The second kappa shape index (κ2) is 6.50. The molecular weight excluding hydrogens is 321 g/mol. The third-order valence-electron chi connectivity index (χ3n) is 3.39. The van der Waals surface area contributed by atoms with E-state index in [1.807, 2.05) is 24.7 Å². The van der Waals surface area contributed by atoms with Gasteiger partial charge in [-0.25, -0.2) is 4.39 Å². The van der Waals surface area contributed by atoms with Crippen LogP contribution in [-0.2, 0) is 13.0 Å². The number of nitrogens with zero attached hydrogens (tertiary/aromatic N) is 2. The van der Waals surface area contributed by atoms with E-state index in [1.165, 1.54) is 0 Å². The number of nitrogens with one attached hydrogen (secondary N) is 1. The van der Waals surface area contributed by atoms with E-state index in [0.717, 1.165) is 29.9 Å². The zero-order chi connectivity index (χ0) is 14.7. The van der Waals surface area contributed by atoms with Crippen molar-refractivity contribution in [3.05, 3.63) is 51.5 Å². The fraction of sp³-hybridized carbons (Fsp3) is 0.400. The lowest BCUT2D eigenvalue weighted by molar-refractivity contribution is 0.536.